The maximum absolute atomic E-state index is 12.5. The Morgan fingerprint density at radius 2 is 2.14 bits per heavy atom. The molecule has 2 aromatic heterocycles. The second-order valence-corrected chi connectivity index (χ2v) is 5.83. The number of thiophene rings is 1. The average Bonchev–Trinajstić information content (AvgIpc) is 3.06. The van der Waals surface area contributed by atoms with Crippen molar-refractivity contribution in [1.82, 2.24) is 9.88 Å². The fraction of sp³-hybridized carbons (Fsp3) is 0.176. The van der Waals surface area contributed by atoms with Gasteiger partial charge in [0.1, 0.15) is 11.4 Å². The largest absolute Gasteiger partial charge is 0.497 e. The van der Waals surface area contributed by atoms with Crippen LogP contribution in [0.25, 0.3) is 10.9 Å². The van der Waals surface area contributed by atoms with Gasteiger partial charge >= 0.3 is 0 Å². The molecule has 3 rings (SSSR count). The molecule has 112 valence electrons. The maximum Gasteiger partial charge on any atom is 0.272 e. The van der Waals surface area contributed by atoms with Crippen LogP contribution < -0.4 is 4.74 Å². The fourth-order valence-corrected chi connectivity index (χ4v) is 2.93. The molecule has 22 heavy (non-hydrogen) atoms. The third kappa shape index (κ3) is 2.94. The predicted molar refractivity (Wildman–Crippen MR) is 88.4 cm³/mol. The highest BCUT2D eigenvalue weighted by Crippen LogP contribution is 2.20. The number of hydrogen-bond acceptors (Lipinski definition) is 4. The standard InChI is InChI=1S/C17H16N2O2S/c1-19(10-12-7-8-22-11-12)17(20)16-5-3-13-9-14(21-2)4-6-15(13)18-16/h3-9,11H,10H2,1-2H3. The Morgan fingerprint density at radius 3 is 2.86 bits per heavy atom. The lowest BCUT2D eigenvalue weighted by Crippen LogP contribution is -2.26. The summed E-state index contributed by atoms with van der Waals surface area (Å²) in [6.45, 7) is 0.588. The molecule has 2 heterocycles. The highest BCUT2D eigenvalue weighted by molar-refractivity contribution is 7.07. The first-order valence-electron chi connectivity index (χ1n) is 6.89. The van der Waals surface area contributed by atoms with Gasteiger partial charge in [0, 0.05) is 19.0 Å². The zero-order valence-corrected chi connectivity index (χ0v) is 13.3. The summed E-state index contributed by atoms with van der Waals surface area (Å²) in [5.41, 5.74) is 2.37. The van der Waals surface area contributed by atoms with Crippen LogP contribution in [-0.2, 0) is 6.54 Å². The Balaban J connectivity index is 1.84. The number of rotatable bonds is 4. The number of benzene rings is 1. The number of carbonyl (C=O) groups excluding carboxylic acids is 1. The minimum Gasteiger partial charge on any atom is -0.497 e. The van der Waals surface area contributed by atoms with Crippen molar-refractivity contribution in [2.45, 2.75) is 6.54 Å². The molecule has 4 nitrogen and oxygen atoms in total. The lowest BCUT2D eigenvalue weighted by molar-refractivity contribution is 0.0780. The van der Waals surface area contributed by atoms with E-state index in [0.717, 1.165) is 22.2 Å². The van der Waals surface area contributed by atoms with Crippen LogP contribution in [0, 0.1) is 0 Å². The van der Waals surface area contributed by atoms with E-state index in [-0.39, 0.29) is 5.91 Å². The molecule has 3 aromatic rings. The van der Waals surface area contributed by atoms with Gasteiger partial charge in [0.2, 0.25) is 0 Å². The molecule has 0 saturated carbocycles. The van der Waals surface area contributed by atoms with Crippen molar-refractivity contribution in [1.29, 1.82) is 0 Å². The number of fused-ring (bicyclic) bond motifs is 1. The molecular weight excluding hydrogens is 296 g/mol. The Kier molecular flexibility index (Phi) is 4.06. The third-order valence-corrected chi connectivity index (χ3v) is 4.19. The smallest absolute Gasteiger partial charge is 0.272 e. The summed E-state index contributed by atoms with van der Waals surface area (Å²) in [6.07, 6.45) is 0. The fourth-order valence-electron chi connectivity index (χ4n) is 2.27. The maximum atomic E-state index is 12.5. The summed E-state index contributed by atoms with van der Waals surface area (Å²) in [4.78, 5) is 18.6. The van der Waals surface area contributed by atoms with Crippen LogP contribution in [-0.4, -0.2) is 29.9 Å². The second kappa shape index (κ2) is 6.15. The quantitative estimate of drug-likeness (QED) is 0.739. The first kappa shape index (κ1) is 14.5. The normalized spacial score (nSPS) is 10.6. The molecule has 0 radical (unpaired) electrons. The van der Waals surface area contributed by atoms with Crippen LogP contribution in [0.2, 0.25) is 0 Å². The topological polar surface area (TPSA) is 42.4 Å². The van der Waals surface area contributed by atoms with Crippen LogP contribution in [0.5, 0.6) is 5.75 Å². The van der Waals surface area contributed by atoms with Gasteiger partial charge in [-0.3, -0.25) is 4.79 Å². The monoisotopic (exact) mass is 312 g/mol. The molecule has 0 saturated heterocycles. The number of methoxy groups -OCH3 is 1. The van der Waals surface area contributed by atoms with Gasteiger partial charge in [0.25, 0.3) is 5.91 Å². The van der Waals surface area contributed by atoms with E-state index in [1.807, 2.05) is 41.1 Å². The highest BCUT2D eigenvalue weighted by Gasteiger charge is 2.14. The van der Waals surface area contributed by atoms with Crippen molar-refractivity contribution in [3.63, 3.8) is 0 Å². The van der Waals surface area contributed by atoms with Gasteiger partial charge in [-0.05, 0) is 46.7 Å². The SMILES string of the molecule is COc1ccc2nc(C(=O)N(C)Cc3ccsc3)ccc2c1. The summed E-state index contributed by atoms with van der Waals surface area (Å²) in [7, 11) is 3.42. The van der Waals surface area contributed by atoms with Gasteiger partial charge in [-0.2, -0.15) is 11.3 Å². The van der Waals surface area contributed by atoms with Crippen LogP contribution in [0.15, 0.2) is 47.2 Å². The molecule has 1 aromatic carbocycles. The van der Waals surface area contributed by atoms with Gasteiger partial charge in [0.15, 0.2) is 0 Å². The van der Waals surface area contributed by atoms with E-state index in [0.29, 0.717) is 12.2 Å². The molecule has 0 N–H and O–H groups in total. The van der Waals surface area contributed by atoms with Crippen LogP contribution in [0.1, 0.15) is 16.1 Å². The zero-order chi connectivity index (χ0) is 15.5. The number of hydrogen-bond donors (Lipinski definition) is 0. The van der Waals surface area contributed by atoms with Gasteiger partial charge in [-0.25, -0.2) is 4.98 Å². The zero-order valence-electron chi connectivity index (χ0n) is 12.4. The van der Waals surface area contributed by atoms with Crippen LogP contribution in [0.4, 0.5) is 0 Å². The lowest BCUT2D eigenvalue weighted by atomic mass is 10.2. The molecular formula is C17H16N2O2S. The van der Waals surface area contributed by atoms with E-state index in [9.17, 15) is 4.79 Å². The molecule has 5 heteroatoms. The Labute approximate surface area is 133 Å². The van der Waals surface area contributed by atoms with Crippen molar-refractivity contribution in [3.05, 3.63) is 58.4 Å². The summed E-state index contributed by atoms with van der Waals surface area (Å²) in [5.74, 6) is 0.701. The Morgan fingerprint density at radius 1 is 1.27 bits per heavy atom. The average molecular weight is 312 g/mol. The molecule has 0 spiro atoms. The van der Waals surface area contributed by atoms with Crippen molar-refractivity contribution in [2.24, 2.45) is 0 Å². The van der Waals surface area contributed by atoms with Gasteiger partial charge in [-0.15, -0.1) is 0 Å². The van der Waals surface area contributed by atoms with Crippen molar-refractivity contribution < 1.29 is 9.53 Å². The third-order valence-electron chi connectivity index (χ3n) is 3.46. The number of aromatic nitrogens is 1. The molecule has 0 aliphatic rings. The first-order chi connectivity index (χ1) is 10.7. The van der Waals surface area contributed by atoms with E-state index in [1.165, 1.54) is 0 Å². The molecule has 0 fully saturated rings. The first-order valence-corrected chi connectivity index (χ1v) is 7.83. The predicted octanol–water partition coefficient (Wildman–Crippen LogP) is 3.58. The van der Waals surface area contributed by atoms with E-state index >= 15 is 0 Å². The molecule has 0 bridgehead atoms. The van der Waals surface area contributed by atoms with Crippen molar-refractivity contribution in [2.75, 3.05) is 14.2 Å². The number of nitrogens with zero attached hydrogens (tertiary/aromatic N) is 2. The summed E-state index contributed by atoms with van der Waals surface area (Å²) < 4.78 is 5.19. The van der Waals surface area contributed by atoms with E-state index in [4.69, 9.17) is 4.74 Å². The van der Waals surface area contributed by atoms with Crippen molar-refractivity contribution >= 4 is 28.1 Å². The molecule has 0 atom stereocenters. The molecule has 0 aliphatic heterocycles. The number of amides is 1. The number of pyridine rings is 1. The highest BCUT2D eigenvalue weighted by atomic mass is 32.1. The van der Waals surface area contributed by atoms with Gasteiger partial charge < -0.3 is 9.64 Å². The second-order valence-electron chi connectivity index (χ2n) is 5.05. The Hall–Kier alpha value is -2.40. The summed E-state index contributed by atoms with van der Waals surface area (Å²) in [5, 5.41) is 5.01. The minimum absolute atomic E-state index is 0.0797. The summed E-state index contributed by atoms with van der Waals surface area (Å²) in [6, 6.07) is 11.3. The lowest BCUT2D eigenvalue weighted by Gasteiger charge is -2.16. The van der Waals surface area contributed by atoms with E-state index < -0.39 is 0 Å². The molecule has 0 unspecified atom stereocenters. The minimum atomic E-state index is -0.0797. The number of ether oxygens (including phenoxy) is 1. The van der Waals surface area contributed by atoms with Crippen molar-refractivity contribution in [3.8, 4) is 5.75 Å². The van der Waals surface area contributed by atoms with Crippen LogP contribution in [0.3, 0.4) is 0 Å². The van der Waals surface area contributed by atoms with E-state index in [2.05, 4.69) is 4.98 Å². The molecule has 0 aliphatic carbocycles. The summed E-state index contributed by atoms with van der Waals surface area (Å²) >= 11 is 1.63. The van der Waals surface area contributed by atoms with E-state index in [1.54, 1.807) is 36.5 Å². The van der Waals surface area contributed by atoms with Gasteiger partial charge in [-0.1, -0.05) is 6.07 Å². The van der Waals surface area contributed by atoms with Crippen LogP contribution >= 0.6 is 11.3 Å². The van der Waals surface area contributed by atoms with Gasteiger partial charge in [0.05, 0.1) is 12.6 Å². The molecule has 1 amide bonds. The number of carbonyl (C=O) groups is 1. The Bertz CT molecular complexity index is 800.